The van der Waals surface area contributed by atoms with Gasteiger partial charge >= 0.3 is 0 Å². The molecule has 0 aliphatic rings. The Morgan fingerprint density at radius 1 is 1.08 bits per heavy atom. The lowest BCUT2D eigenvalue weighted by Crippen LogP contribution is -2.29. The van der Waals surface area contributed by atoms with E-state index in [-0.39, 0.29) is 11.5 Å². The van der Waals surface area contributed by atoms with Gasteiger partial charge in [0.25, 0.3) is 0 Å². The van der Waals surface area contributed by atoms with Crippen molar-refractivity contribution in [2.45, 2.75) is 13.8 Å². The van der Waals surface area contributed by atoms with E-state index in [1.807, 2.05) is 0 Å². The molecule has 0 radical (unpaired) electrons. The molecule has 0 saturated heterocycles. The molecular weight excluding hydrogens is 236 g/mol. The van der Waals surface area contributed by atoms with Crippen molar-refractivity contribution in [1.29, 1.82) is 0 Å². The summed E-state index contributed by atoms with van der Waals surface area (Å²) in [6, 6.07) is 0. The minimum Gasteiger partial charge on any atom is -0.229 e. The lowest BCUT2D eigenvalue weighted by molar-refractivity contribution is 0.461. The van der Waals surface area contributed by atoms with E-state index in [1.54, 1.807) is 13.8 Å². The molecule has 0 amide bonds. The van der Waals surface area contributed by atoms with Gasteiger partial charge in [0.15, 0.2) is 0 Å². The summed E-state index contributed by atoms with van der Waals surface area (Å²) in [5, 5.41) is 0. The largest absolute Gasteiger partial charge is 0.233 e. The summed E-state index contributed by atoms with van der Waals surface area (Å²) >= 11 is 0. The normalized spacial score (nSPS) is 14.5. The highest BCUT2D eigenvalue weighted by molar-refractivity contribution is 8.13. The number of sulfone groups is 1. The van der Waals surface area contributed by atoms with Crippen LogP contribution in [0.2, 0.25) is 0 Å². The second-order valence-electron chi connectivity index (χ2n) is 3.92. The van der Waals surface area contributed by atoms with Gasteiger partial charge in [-0.2, -0.15) is 0 Å². The van der Waals surface area contributed by atoms with Gasteiger partial charge in [-0.25, -0.2) is 16.8 Å². The fraction of sp³-hybridized carbons (Fsp3) is 1.00. The molecule has 0 aromatic rings. The summed E-state index contributed by atoms with van der Waals surface area (Å²) < 4.78 is 43.2. The zero-order valence-corrected chi connectivity index (χ0v) is 10.1. The van der Waals surface area contributed by atoms with E-state index in [1.165, 1.54) is 0 Å². The van der Waals surface area contributed by atoms with Crippen LogP contribution < -0.4 is 0 Å². The highest BCUT2D eigenvalue weighted by Crippen LogP contribution is 2.21. The zero-order chi connectivity index (χ0) is 10.9. The van der Waals surface area contributed by atoms with Gasteiger partial charge in [0.1, 0.15) is 9.84 Å². The van der Waals surface area contributed by atoms with Crippen molar-refractivity contribution in [2.24, 2.45) is 5.41 Å². The first-order valence-corrected chi connectivity index (χ1v) is 8.05. The summed E-state index contributed by atoms with van der Waals surface area (Å²) in [4.78, 5) is 0. The van der Waals surface area contributed by atoms with Gasteiger partial charge in [0.2, 0.25) is 9.05 Å². The molecule has 0 aromatic heterocycles. The fourth-order valence-corrected chi connectivity index (χ4v) is 4.79. The van der Waals surface area contributed by atoms with Crippen molar-refractivity contribution in [3.8, 4) is 0 Å². The van der Waals surface area contributed by atoms with Crippen LogP contribution in [0.4, 0.5) is 0 Å². The Bertz CT molecular complexity index is 329. The fourth-order valence-electron chi connectivity index (χ4n) is 1.22. The summed E-state index contributed by atoms with van der Waals surface area (Å²) in [5.74, 6) is -0.527. The molecular formula is C6H13ClO4S2. The average molecular weight is 249 g/mol. The Balaban J connectivity index is 4.62. The Labute approximate surface area is 83.6 Å². The highest BCUT2D eigenvalue weighted by Gasteiger charge is 2.28. The Kier molecular flexibility index (Phi) is 3.80. The second kappa shape index (κ2) is 3.74. The first kappa shape index (κ1) is 13.2. The molecule has 0 spiro atoms. The van der Waals surface area contributed by atoms with Crippen LogP contribution in [-0.4, -0.2) is 34.6 Å². The van der Waals surface area contributed by atoms with E-state index in [9.17, 15) is 16.8 Å². The van der Waals surface area contributed by atoms with Gasteiger partial charge in [0.05, 0.1) is 11.5 Å². The van der Waals surface area contributed by atoms with Crippen LogP contribution in [-0.2, 0) is 18.9 Å². The maximum atomic E-state index is 10.9. The van der Waals surface area contributed by atoms with E-state index < -0.39 is 24.3 Å². The van der Waals surface area contributed by atoms with Crippen molar-refractivity contribution >= 4 is 29.6 Å². The van der Waals surface area contributed by atoms with Gasteiger partial charge in [0, 0.05) is 16.9 Å². The van der Waals surface area contributed by atoms with E-state index >= 15 is 0 Å². The number of rotatable bonds is 4. The first-order valence-electron chi connectivity index (χ1n) is 3.51. The average Bonchev–Trinajstić information content (AvgIpc) is 1.43. The van der Waals surface area contributed by atoms with E-state index in [2.05, 4.69) is 0 Å². The van der Waals surface area contributed by atoms with E-state index in [0.29, 0.717) is 0 Å². The summed E-state index contributed by atoms with van der Waals surface area (Å²) in [5.41, 5.74) is -0.839. The van der Waals surface area contributed by atoms with Crippen LogP contribution in [0, 0.1) is 5.41 Å². The van der Waals surface area contributed by atoms with Gasteiger partial charge < -0.3 is 0 Å². The summed E-state index contributed by atoms with van der Waals surface area (Å²) in [6.07, 6.45) is 1.07. The topological polar surface area (TPSA) is 68.3 Å². The smallest absolute Gasteiger partial charge is 0.229 e. The molecule has 0 aromatic carbocycles. The Hall–Kier alpha value is 0.190. The number of hydrogen-bond acceptors (Lipinski definition) is 4. The summed E-state index contributed by atoms with van der Waals surface area (Å²) in [6.45, 7) is 3.10. The second-order valence-corrected chi connectivity index (χ2v) is 8.83. The van der Waals surface area contributed by atoms with Crippen molar-refractivity contribution in [3.63, 3.8) is 0 Å². The van der Waals surface area contributed by atoms with Crippen LogP contribution in [0.15, 0.2) is 0 Å². The minimum absolute atomic E-state index is 0.189. The molecule has 0 fully saturated rings. The van der Waals surface area contributed by atoms with Gasteiger partial charge in [-0.3, -0.25) is 0 Å². The maximum Gasteiger partial charge on any atom is 0.233 e. The third kappa shape index (κ3) is 8.52. The molecule has 4 nitrogen and oxygen atoms in total. The monoisotopic (exact) mass is 248 g/mol. The van der Waals surface area contributed by atoms with Gasteiger partial charge in [-0.15, -0.1) is 0 Å². The van der Waals surface area contributed by atoms with Crippen LogP contribution in [0.1, 0.15) is 13.8 Å². The highest BCUT2D eigenvalue weighted by atomic mass is 35.7. The Morgan fingerprint density at radius 2 is 1.46 bits per heavy atom. The number of hydrogen-bond donors (Lipinski definition) is 0. The Morgan fingerprint density at radius 3 is 1.69 bits per heavy atom. The lowest BCUT2D eigenvalue weighted by Gasteiger charge is -2.20. The maximum absolute atomic E-state index is 10.9. The molecule has 0 bridgehead atoms. The van der Waals surface area contributed by atoms with Gasteiger partial charge in [-0.05, 0) is 5.41 Å². The molecule has 0 atom stereocenters. The predicted octanol–water partition coefficient (Wildman–Crippen LogP) is 0.626. The predicted molar refractivity (Wildman–Crippen MR) is 53.1 cm³/mol. The molecule has 0 rings (SSSR count). The van der Waals surface area contributed by atoms with Gasteiger partial charge in [-0.1, -0.05) is 13.8 Å². The van der Waals surface area contributed by atoms with Crippen molar-refractivity contribution < 1.29 is 16.8 Å². The molecule has 13 heavy (non-hydrogen) atoms. The quantitative estimate of drug-likeness (QED) is 0.685. The standard InChI is InChI=1S/C6H13ClO4S2/c1-6(2,4-12(3,8)9)5-13(7,10)11/h4-5H2,1-3H3. The van der Waals surface area contributed by atoms with Crippen molar-refractivity contribution in [2.75, 3.05) is 17.8 Å². The van der Waals surface area contributed by atoms with Crippen LogP contribution in [0.25, 0.3) is 0 Å². The van der Waals surface area contributed by atoms with Crippen LogP contribution in [0.5, 0.6) is 0 Å². The molecule has 0 aliphatic heterocycles. The zero-order valence-electron chi connectivity index (χ0n) is 7.74. The molecule has 7 heteroatoms. The SMILES string of the molecule is CC(C)(CS(C)(=O)=O)CS(=O)(=O)Cl. The molecule has 0 aliphatic carbocycles. The molecule has 0 unspecified atom stereocenters. The summed E-state index contributed by atoms with van der Waals surface area (Å²) in [7, 11) is -1.80. The molecule has 0 N–H and O–H groups in total. The third-order valence-electron chi connectivity index (χ3n) is 1.22. The first-order chi connectivity index (χ1) is 5.41. The van der Waals surface area contributed by atoms with E-state index in [0.717, 1.165) is 6.26 Å². The molecule has 0 heterocycles. The van der Waals surface area contributed by atoms with Crippen LogP contribution in [0.3, 0.4) is 0 Å². The van der Waals surface area contributed by atoms with Crippen molar-refractivity contribution in [1.82, 2.24) is 0 Å². The third-order valence-corrected chi connectivity index (χ3v) is 3.98. The molecule has 0 saturated carbocycles. The van der Waals surface area contributed by atoms with Crippen molar-refractivity contribution in [3.05, 3.63) is 0 Å². The van der Waals surface area contributed by atoms with Crippen LogP contribution >= 0.6 is 10.7 Å². The van der Waals surface area contributed by atoms with E-state index in [4.69, 9.17) is 10.7 Å². The number of halogens is 1. The molecule has 80 valence electrons. The minimum atomic E-state index is -3.65. The lowest BCUT2D eigenvalue weighted by atomic mass is 10.0.